The zero-order valence-electron chi connectivity index (χ0n) is 12.4. The molecule has 0 bridgehead atoms. The fourth-order valence-electron chi connectivity index (χ4n) is 3.19. The van der Waals surface area contributed by atoms with Crippen molar-refractivity contribution in [3.63, 3.8) is 0 Å². The Labute approximate surface area is 130 Å². The molecule has 1 aliphatic rings. The molecule has 0 saturated heterocycles. The van der Waals surface area contributed by atoms with E-state index < -0.39 is 0 Å². The summed E-state index contributed by atoms with van der Waals surface area (Å²) in [6.07, 6.45) is 10.6. The van der Waals surface area contributed by atoms with E-state index >= 15 is 0 Å². The van der Waals surface area contributed by atoms with E-state index in [1.165, 1.54) is 32.1 Å². The van der Waals surface area contributed by atoms with Gasteiger partial charge in [-0.25, -0.2) is 4.98 Å². The first-order valence-corrected chi connectivity index (χ1v) is 8.82. The lowest BCUT2D eigenvalue weighted by atomic mass is 9.88. The minimum absolute atomic E-state index is 0.288. The maximum atomic E-state index is 9.71. The van der Waals surface area contributed by atoms with Crippen molar-refractivity contribution in [3.8, 4) is 5.75 Å². The molecule has 0 unspecified atom stereocenters. The molecule has 2 N–H and O–H groups in total. The Morgan fingerprint density at radius 1 is 1.24 bits per heavy atom. The van der Waals surface area contributed by atoms with Crippen molar-refractivity contribution >= 4 is 28.4 Å². The molecule has 0 spiro atoms. The van der Waals surface area contributed by atoms with E-state index in [-0.39, 0.29) is 5.75 Å². The molecule has 3 nitrogen and oxygen atoms in total. The third kappa shape index (κ3) is 3.10. The van der Waals surface area contributed by atoms with Gasteiger partial charge in [0.1, 0.15) is 11.6 Å². The van der Waals surface area contributed by atoms with Crippen LogP contribution in [0.15, 0.2) is 30.5 Å². The highest BCUT2D eigenvalue weighted by Gasteiger charge is 2.31. The Morgan fingerprint density at radius 2 is 2.05 bits per heavy atom. The zero-order chi connectivity index (χ0) is 14.7. The highest BCUT2D eigenvalue weighted by Crippen LogP contribution is 2.39. The normalized spacial score (nSPS) is 17.8. The summed E-state index contributed by atoms with van der Waals surface area (Å²) >= 11 is 1.98. The number of aromatic nitrogens is 1. The summed E-state index contributed by atoms with van der Waals surface area (Å²) in [4.78, 5) is 4.47. The molecular formula is C17H22N2OS. The van der Waals surface area contributed by atoms with Crippen LogP contribution in [-0.2, 0) is 0 Å². The van der Waals surface area contributed by atoms with Gasteiger partial charge >= 0.3 is 0 Å². The molecule has 112 valence electrons. The molecular weight excluding hydrogens is 280 g/mol. The maximum absolute atomic E-state index is 9.71. The van der Waals surface area contributed by atoms with Crippen LogP contribution >= 0.6 is 11.8 Å². The van der Waals surface area contributed by atoms with Crippen LogP contribution in [0.4, 0.5) is 5.82 Å². The molecule has 4 heteroatoms. The lowest BCUT2D eigenvalue weighted by Crippen LogP contribution is -2.35. The lowest BCUT2D eigenvalue weighted by Gasteiger charge is -2.36. The van der Waals surface area contributed by atoms with Crippen molar-refractivity contribution in [2.75, 3.05) is 18.1 Å². The Kier molecular flexibility index (Phi) is 4.24. The first-order chi connectivity index (χ1) is 10.2. The van der Waals surface area contributed by atoms with E-state index in [2.05, 4.69) is 16.6 Å². The van der Waals surface area contributed by atoms with Crippen molar-refractivity contribution in [1.82, 2.24) is 4.98 Å². The molecule has 0 atom stereocenters. The van der Waals surface area contributed by atoms with Crippen LogP contribution in [0.3, 0.4) is 0 Å². The number of nitrogens with zero attached hydrogens (tertiary/aromatic N) is 1. The van der Waals surface area contributed by atoms with Gasteiger partial charge in [0.15, 0.2) is 0 Å². The SMILES string of the molecule is CSC1(CNc2nccc3ccc(O)cc23)CCCCC1. The van der Waals surface area contributed by atoms with Crippen molar-refractivity contribution in [2.45, 2.75) is 36.9 Å². The topological polar surface area (TPSA) is 45.2 Å². The number of rotatable bonds is 4. The number of pyridine rings is 1. The van der Waals surface area contributed by atoms with E-state index in [0.717, 1.165) is 23.1 Å². The molecule has 1 heterocycles. The summed E-state index contributed by atoms with van der Waals surface area (Å²) in [7, 11) is 0. The van der Waals surface area contributed by atoms with Crippen molar-refractivity contribution in [2.24, 2.45) is 0 Å². The second kappa shape index (κ2) is 6.14. The number of aromatic hydroxyl groups is 1. The maximum Gasteiger partial charge on any atom is 0.133 e. The quantitative estimate of drug-likeness (QED) is 0.877. The third-order valence-electron chi connectivity index (χ3n) is 4.53. The van der Waals surface area contributed by atoms with Crippen LogP contribution in [0, 0.1) is 0 Å². The summed E-state index contributed by atoms with van der Waals surface area (Å²) in [6.45, 7) is 0.940. The molecule has 0 amide bonds. The lowest BCUT2D eigenvalue weighted by molar-refractivity contribution is 0.411. The number of hydrogen-bond acceptors (Lipinski definition) is 4. The van der Waals surface area contributed by atoms with E-state index in [0.29, 0.717) is 4.75 Å². The monoisotopic (exact) mass is 302 g/mol. The van der Waals surface area contributed by atoms with E-state index in [9.17, 15) is 5.11 Å². The minimum atomic E-state index is 0.288. The molecule has 0 radical (unpaired) electrons. The summed E-state index contributed by atoms with van der Waals surface area (Å²) in [6, 6.07) is 7.42. The fraction of sp³-hybridized carbons (Fsp3) is 0.471. The summed E-state index contributed by atoms with van der Waals surface area (Å²) < 4.78 is 0.332. The van der Waals surface area contributed by atoms with Gasteiger partial charge < -0.3 is 10.4 Å². The zero-order valence-corrected chi connectivity index (χ0v) is 13.2. The molecule has 2 aromatic rings. The molecule has 1 aromatic heterocycles. The molecule has 1 aromatic carbocycles. The number of phenols is 1. The number of fused-ring (bicyclic) bond motifs is 1. The van der Waals surface area contributed by atoms with Crippen molar-refractivity contribution < 1.29 is 5.11 Å². The number of anilines is 1. The third-order valence-corrected chi connectivity index (χ3v) is 5.94. The Hall–Kier alpha value is -1.42. The largest absolute Gasteiger partial charge is 0.508 e. The van der Waals surface area contributed by atoms with Crippen molar-refractivity contribution in [1.29, 1.82) is 0 Å². The predicted octanol–water partition coefficient (Wildman–Crippen LogP) is 4.42. The number of phenolic OH excluding ortho intramolecular Hbond substituents is 1. The van der Waals surface area contributed by atoms with Gasteiger partial charge in [0.25, 0.3) is 0 Å². The molecule has 3 rings (SSSR count). The van der Waals surface area contributed by atoms with Crippen LogP contribution in [0.25, 0.3) is 10.8 Å². The Balaban J connectivity index is 1.83. The van der Waals surface area contributed by atoms with Crippen LogP contribution in [-0.4, -0.2) is 27.6 Å². The highest BCUT2D eigenvalue weighted by molar-refractivity contribution is 8.00. The van der Waals surface area contributed by atoms with E-state index in [1.54, 1.807) is 12.1 Å². The van der Waals surface area contributed by atoms with Gasteiger partial charge in [-0.05, 0) is 42.7 Å². The van der Waals surface area contributed by atoms with Crippen LogP contribution in [0.2, 0.25) is 0 Å². The van der Waals surface area contributed by atoms with Gasteiger partial charge in [-0.2, -0.15) is 11.8 Å². The summed E-state index contributed by atoms with van der Waals surface area (Å²) in [5.74, 6) is 1.16. The first-order valence-electron chi connectivity index (χ1n) is 7.59. The summed E-state index contributed by atoms with van der Waals surface area (Å²) in [5.41, 5.74) is 0. The summed E-state index contributed by atoms with van der Waals surface area (Å²) in [5, 5.41) is 15.3. The van der Waals surface area contributed by atoms with Gasteiger partial charge in [-0.1, -0.05) is 25.3 Å². The Bertz CT molecular complexity index is 623. The average molecular weight is 302 g/mol. The van der Waals surface area contributed by atoms with Crippen LogP contribution < -0.4 is 5.32 Å². The predicted molar refractivity (Wildman–Crippen MR) is 91.2 cm³/mol. The second-order valence-corrected chi connectivity index (χ2v) is 7.14. The van der Waals surface area contributed by atoms with Crippen molar-refractivity contribution in [3.05, 3.63) is 30.5 Å². The van der Waals surface area contributed by atoms with Gasteiger partial charge in [0, 0.05) is 22.9 Å². The molecule has 21 heavy (non-hydrogen) atoms. The minimum Gasteiger partial charge on any atom is -0.508 e. The number of thioether (sulfide) groups is 1. The van der Waals surface area contributed by atoms with Gasteiger partial charge in [-0.15, -0.1) is 0 Å². The number of nitrogens with one attached hydrogen (secondary N) is 1. The molecule has 0 aliphatic heterocycles. The Morgan fingerprint density at radius 3 is 2.81 bits per heavy atom. The first kappa shape index (κ1) is 14.5. The fourth-order valence-corrected chi connectivity index (χ4v) is 4.10. The van der Waals surface area contributed by atoms with Gasteiger partial charge in [0.2, 0.25) is 0 Å². The highest BCUT2D eigenvalue weighted by atomic mass is 32.2. The van der Waals surface area contributed by atoms with E-state index in [1.807, 2.05) is 30.1 Å². The standard InChI is InChI=1S/C17H22N2OS/c1-21-17(8-3-2-4-9-17)12-19-16-15-11-14(20)6-5-13(15)7-10-18-16/h5-7,10-11,20H,2-4,8-9,12H2,1H3,(H,18,19). The molecule has 1 aliphatic carbocycles. The van der Waals surface area contributed by atoms with Crippen LogP contribution in [0.5, 0.6) is 5.75 Å². The second-order valence-electron chi connectivity index (χ2n) is 5.87. The molecule has 1 fully saturated rings. The smallest absolute Gasteiger partial charge is 0.133 e. The number of benzene rings is 1. The average Bonchev–Trinajstić information content (AvgIpc) is 2.54. The van der Waals surface area contributed by atoms with Gasteiger partial charge in [0.05, 0.1) is 0 Å². The number of hydrogen-bond donors (Lipinski definition) is 2. The van der Waals surface area contributed by atoms with E-state index in [4.69, 9.17) is 0 Å². The molecule has 1 saturated carbocycles. The van der Waals surface area contributed by atoms with Gasteiger partial charge in [-0.3, -0.25) is 0 Å². The van der Waals surface area contributed by atoms with Crippen LogP contribution in [0.1, 0.15) is 32.1 Å².